The van der Waals surface area contributed by atoms with Crippen LogP contribution in [-0.2, 0) is 0 Å². The summed E-state index contributed by atoms with van der Waals surface area (Å²) in [6, 6.07) is 8.50. The Morgan fingerprint density at radius 2 is 2.00 bits per heavy atom. The van der Waals surface area contributed by atoms with Crippen molar-refractivity contribution in [1.82, 2.24) is 5.32 Å². The lowest BCUT2D eigenvalue weighted by Crippen LogP contribution is -2.21. The highest BCUT2D eigenvalue weighted by Gasteiger charge is 2.18. The van der Waals surface area contributed by atoms with Crippen molar-refractivity contribution in [2.75, 3.05) is 6.54 Å². The third kappa shape index (κ3) is 3.61. The molecule has 0 radical (unpaired) electrons. The fraction of sp³-hybridized carbons (Fsp3) is 0.286. The van der Waals surface area contributed by atoms with E-state index in [4.69, 9.17) is 11.6 Å². The van der Waals surface area contributed by atoms with Crippen LogP contribution >= 0.6 is 54.8 Å². The second kappa shape index (κ2) is 6.72. The molecular weight excluding hydrogens is 409 g/mol. The molecule has 1 N–H and O–H groups in total. The van der Waals surface area contributed by atoms with Crippen LogP contribution in [0.5, 0.6) is 0 Å². The van der Waals surface area contributed by atoms with Crippen molar-refractivity contribution in [3.63, 3.8) is 0 Å². The molecule has 1 atom stereocenters. The van der Waals surface area contributed by atoms with Gasteiger partial charge in [0.15, 0.2) is 0 Å². The van der Waals surface area contributed by atoms with E-state index in [9.17, 15) is 0 Å². The van der Waals surface area contributed by atoms with Gasteiger partial charge in [-0.25, -0.2) is 0 Å². The summed E-state index contributed by atoms with van der Waals surface area (Å²) in [7, 11) is 0. The average Bonchev–Trinajstić information content (AvgIpc) is 2.78. The van der Waals surface area contributed by atoms with Crippen LogP contribution in [0.3, 0.4) is 0 Å². The van der Waals surface area contributed by atoms with Crippen molar-refractivity contribution in [3.8, 4) is 0 Å². The van der Waals surface area contributed by atoms with E-state index in [0.717, 1.165) is 19.8 Å². The van der Waals surface area contributed by atoms with Crippen LogP contribution in [-0.4, -0.2) is 6.54 Å². The largest absolute Gasteiger partial charge is 0.306 e. The number of aryl methyl sites for hydroxylation is 1. The molecule has 0 fully saturated rings. The Morgan fingerprint density at radius 1 is 1.26 bits per heavy atom. The number of rotatable bonds is 4. The van der Waals surface area contributed by atoms with Crippen molar-refractivity contribution in [2.45, 2.75) is 19.9 Å². The zero-order chi connectivity index (χ0) is 14.0. The number of hydrogen-bond acceptors (Lipinski definition) is 2. The first-order valence-electron chi connectivity index (χ1n) is 5.97. The summed E-state index contributed by atoms with van der Waals surface area (Å²) in [5, 5.41) is 3.52. The summed E-state index contributed by atoms with van der Waals surface area (Å²) in [6.45, 7) is 5.10. The molecule has 0 spiro atoms. The van der Waals surface area contributed by atoms with Gasteiger partial charge in [-0.15, -0.1) is 11.3 Å². The number of hydrogen-bond donors (Lipinski definition) is 1. The lowest BCUT2D eigenvalue weighted by Gasteiger charge is -2.19. The van der Waals surface area contributed by atoms with Gasteiger partial charge < -0.3 is 5.32 Å². The van der Waals surface area contributed by atoms with Gasteiger partial charge in [-0.1, -0.05) is 50.4 Å². The van der Waals surface area contributed by atoms with Gasteiger partial charge in [0.1, 0.15) is 0 Å². The van der Waals surface area contributed by atoms with Crippen LogP contribution in [0.25, 0.3) is 0 Å². The molecule has 0 amide bonds. The predicted octanol–water partition coefficient (Wildman–Crippen LogP) is 5.93. The molecule has 1 heterocycles. The molecule has 1 aromatic heterocycles. The molecule has 1 aromatic carbocycles. The van der Waals surface area contributed by atoms with Gasteiger partial charge in [0, 0.05) is 13.8 Å². The molecule has 0 saturated carbocycles. The van der Waals surface area contributed by atoms with Gasteiger partial charge >= 0.3 is 0 Å². The minimum Gasteiger partial charge on any atom is -0.306 e. The van der Waals surface area contributed by atoms with E-state index in [0.29, 0.717) is 0 Å². The SMILES string of the molecule is CCNC(c1ccc(Cl)s1)c1cc(Br)c(C)cc1Br. The molecule has 19 heavy (non-hydrogen) atoms. The van der Waals surface area contributed by atoms with Crippen molar-refractivity contribution in [2.24, 2.45) is 0 Å². The van der Waals surface area contributed by atoms with Crippen molar-refractivity contribution >= 4 is 54.8 Å². The van der Waals surface area contributed by atoms with Crippen molar-refractivity contribution < 1.29 is 0 Å². The summed E-state index contributed by atoms with van der Waals surface area (Å²) in [5.41, 5.74) is 2.44. The standard InChI is InChI=1S/C14H14Br2ClNS/c1-3-18-14(12-4-5-13(17)19-12)9-7-10(15)8(2)6-11(9)16/h4-7,14,18H,3H2,1-2H3. The summed E-state index contributed by atoms with van der Waals surface area (Å²) >= 11 is 14.9. The summed E-state index contributed by atoms with van der Waals surface area (Å²) in [4.78, 5) is 1.23. The Hall–Kier alpha value is 0.130. The third-order valence-electron chi connectivity index (χ3n) is 2.88. The highest BCUT2D eigenvalue weighted by Crippen LogP contribution is 2.36. The molecule has 5 heteroatoms. The van der Waals surface area contributed by atoms with E-state index in [-0.39, 0.29) is 6.04 Å². The molecule has 0 aliphatic rings. The van der Waals surface area contributed by atoms with Crippen LogP contribution < -0.4 is 5.32 Å². The molecule has 0 aliphatic heterocycles. The van der Waals surface area contributed by atoms with Crippen LogP contribution in [0, 0.1) is 6.92 Å². The minimum atomic E-state index is 0.161. The number of thiophene rings is 1. The van der Waals surface area contributed by atoms with Gasteiger partial charge in [-0.2, -0.15) is 0 Å². The fourth-order valence-electron chi connectivity index (χ4n) is 1.93. The molecule has 0 aliphatic carbocycles. The molecule has 102 valence electrons. The van der Waals surface area contributed by atoms with Gasteiger partial charge in [-0.05, 0) is 48.9 Å². The Kier molecular flexibility index (Phi) is 5.49. The normalized spacial score (nSPS) is 12.7. The second-order valence-corrected chi connectivity index (χ2v) is 7.71. The number of benzene rings is 1. The second-order valence-electron chi connectivity index (χ2n) is 4.26. The molecule has 2 rings (SSSR count). The topological polar surface area (TPSA) is 12.0 Å². The molecule has 2 aromatic rings. The Morgan fingerprint density at radius 3 is 2.58 bits per heavy atom. The maximum absolute atomic E-state index is 6.06. The first kappa shape index (κ1) is 15.5. The van der Waals surface area contributed by atoms with Crippen LogP contribution in [0.1, 0.15) is 29.0 Å². The Bertz CT molecular complexity index is 583. The van der Waals surface area contributed by atoms with Crippen LogP contribution in [0.15, 0.2) is 33.2 Å². The fourth-order valence-corrected chi connectivity index (χ4v) is 4.14. The maximum atomic E-state index is 6.06. The zero-order valence-corrected chi connectivity index (χ0v) is 15.4. The highest BCUT2D eigenvalue weighted by molar-refractivity contribution is 9.11. The molecule has 0 saturated heterocycles. The molecule has 1 unspecified atom stereocenters. The third-order valence-corrected chi connectivity index (χ3v) is 5.71. The lowest BCUT2D eigenvalue weighted by molar-refractivity contribution is 0.637. The van der Waals surface area contributed by atoms with E-state index >= 15 is 0 Å². The van der Waals surface area contributed by atoms with Crippen LogP contribution in [0.2, 0.25) is 4.34 Å². The molecule has 1 nitrogen and oxygen atoms in total. The maximum Gasteiger partial charge on any atom is 0.0931 e. The van der Waals surface area contributed by atoms with Gasteiger partial charge in [0.05, 0.1) is 10.4 Å². The molecular formula is C14H14Br2ClNS. The lowest BCUT2D eigenvalue weighted by atomic mass is 10.0. The van der Waals surface area contributed by atoms with Crippen LogP contribution in [0.4, 0.5) is 0 Å². The zero-order valence-electron chi connectivity index (χ0n) is 10.6. The van der Waals surface area contributed by atoms with E-state index < -0.39 is 0 Å². The van der Waals surface area contributed by atoms with Gasteiger partial charge in [0.25, 0.3) is 0 Å². The number of halogens is 3. The van der Waals surface area contributed by atoms with Gasteiger partial charge in [0.2, 0.25) is 0 Å². The van der Waals surface area contributed by atoms with Crippen molar-refractivity contribution in [1.29, 1.82) is 0 Å². The van der Waals surface area contributed by atoms with E-state index in [1.165, 1.54) is 16.0 Å². The first-order valence-corrected chi connectivity index (χ1v) is 8.75. The minimum absolute atomic E-state index is 0.161. The van der Waals surface area contributed by atoms with E-state index in [2.05, 4.69) is 69.2 Å². The summed E-state index contributed by atoms with van der Waals surface area (Å²) in [6.07, 6.45) is 0. The monoisotopic (exact) mass is 421 g/mol. The van der Waals surface area contributed by atoms with Gasteiger partial charge in [-0.3, -0.25) is 0 Å². The summed E-state index contributed by atoms with van der Waals surface area (Å²) < 4.78 is 3.06. The van der Waals surface area contributed by atoms with Crippen molar-refractivity contribution in [3.05, 3.63) is 53.6 Å². The molecule has 0 bridgehead atoms. The average molecular weight is 424 g/mol. The number of nitrogens with one attached hydrogen (secondary N) is 1. The Balaban J connectivity index is 2.47. The van der Waals surface area contributed by atoms with E-state index in [1.807, 2.05) is 6.07 Å². The quantitative estimate of drug-likeness (QED) is 0.642. The smallest absolute Gasteiger partial charge is 0.0931 e. The summed E-state index contributed by atoms with van der Waals surface area (Å²) in [5.74, 6) is 0. The Labute approximate surface area is 139 Å². The highest BCUT2D eigenvalue weighted by atomic mass is 79.9. The predicted molar refractivity (Wildman–Crippen MR) is 91.4 cm³/mol. The van der Waals surface area contributed by atoms with E-state index in [1.54, 1.807) is 11.3 Å². The first-order chi connectivity index (χ1) is 9.02.